The number of halogens is 3. The maximum atomic E-state index is 13.8. The van der Waals surface area contributed by atoms with Gasteiger partial charge in [-0.15, -0.1) is 0 Å². The number of aromatic nitrogens is 1. The van der Waals surface area contributed by atoms with E-state index in [4.69, 9.17) is 0 Å². The van der Waals surface area contributed by atoms with Crippen LogP contribution in [-0.4, -0.2) is 19.1 Å². The summed E-state index contributed by atoms with van der Waals surface area (Å²) in [6.45, 7) is 0.130. The highest BCUT2D eigenvalue weighted by Gasteiger charge is 2.15. The van der Waals surface area contributed by atoms with Crippen molar-refractivity contribution in [2.24, 2.45) is 0 Å². The lowest BCUT2D eigenvalue weighted by Gasteiger charge is -2.20. The molecule has 0 amide bonds. The van der Waals surface area contributed by atoms with Gasteiger partial charge in [0.1, 0.15) is 5.82 Å². The quantitative estimate of drug-likeness (QED) is 0.933. The Kier molecular flexibility index (Phi) is 4.12. The molecule has 0 spiro atoms. The van der Waals surface area contributed by atoms with Gasteiger partial charge in [0, 0.05) is 32.3 Å². The fourth-order valence-corrected chi connectivity index (χ4v) is 1.86. The first-order chi connectivity index (χ1) is 9.52. The van der Waals surface area contributed by atoms with E-state index in [1.54, 1.807) is 25.2 Å². The van der Waals surface area contributed by atoms with E-state index in [9.17, 15) is 13.2 Å². The number of pyridine rings is 1. The smallest absolute Gasteiger partial charge is 0.168 e. The number of rotatable bonds is 4. The van der Waals surface area contributed by atoms with E-state index in [0.29, 0.717) is 5.56 Å². The van der Waals surface area contributed by atoms with Crippen molar-refractivity contribution in [3.63, 3.8) is 0 Å². The van der Waals surface area contributed by atoms with Gasteiger partial charge in [0.15, 0.2) is 23.3 Å². The van der Waals surface area contributed by atoms with Crippen LogP contribution in [0.1, 0.15) is 5.56 Å². The number of nitrogens with zero attached hydrogens (tertiary/aromatic N) is 2. The van der Waals surface area contributed by atoms with E-state index in [0.717, 1.165) is 6.07 Å². The number of hydrogen-bond donors (Lipinski definition) is 1. The third-order valence-corrected chi connectivity index (χ3v) is 2.87. The molecule has 6 heteroatoms. The third-order valence-electron chi connectivity index (χ3n) is 2.87. The average Bonchev–Trinajstić information content (AvgIpc) is 2.41. The van der Waals surface area contributed by atoms with Crippen LogP contribution in [0, 0.1) is 17.5 Å². The van der Waals surface area contributed by atoms with Crippen LogP contribution in [0.2, 0.25) is 0 Å². The minimum Gasteiger partial charge on any atom is -0.371 e. The number of nitrogens with one attached hydrogen (secondary N) is 1. The Labute approximate surface area is 115 Å². The van der Waals surface area contributed by atoms with Crippen LogP contribution in [0.3, 0.4) is 0 Å². The predicted octanol–water partition coefficient (Wildman–Crippen LogP) is 3.18. The lowest BCUT2D eigenvalue weighted by atomic mass is 10.2. The van der Waals surface area contributed by atoms with Crippen LogP contribution in [0.4, 0.5) is 24.8 Å². The van der Waals surface area contributed by atoms with Gasteiger partial charge in [-0.25, -0.2) is 18.2 Å². The normalized spacial score (nSPS) is 10.4. The van der Waals surface area contributed by atoms with Crippen LogP contribution in [0.25, 0.3) is 0 Å². The van der Waals surface area contributed by atoms with E-state index in [-0.39, 0.29) is 24.0 Å². The molecule has 0 aliphatic heterocycles. The average molecular weight is 281 g/mol. The van der Waals surface area contributed by atoms with Gasteiger partial charge in [-0.1, -0.05) is 18.2 Å². The van der Waals surface area contributed by atoms with Gasteiger partial charge in [-0.3, -0.25) is 0 Å². The maximum Gasteiger partial charge on any atom is 0.168 e. The molecule has 3 nitrogen and oxygen atoms in total. The van der Waals surface area contributed by atoms with Gasteiger partial charge in [0.25, 0.3) is 0 Å². The van der Waals surface area contributed by atoms with Crippen molar-refractivity contribution in [2.75, 3.05) is 24.3 Å². The topological polar surface area (TPSA) is 28.2 Å². The van der Waals surface area contributed by atoms with Crippen LogP contribution in [0.15, 0.2) is 30.3 Å². The molecule has 0 aliphatic rings. The Bertz CT molecular complexity index is 617. The van der Waals surface area contributed by atoms with Crippen molar-refractivity contribution < 1.29 is 13.2 Å². The summed E-state index contributed by atoms with van der Waals surface area (Å²) in [7, 11) is 3.05. The molecule has 1 N–H and O–H groups in total. The molecule has 1 aromatic carbocycles. The second kappa shape index (κ2) is 5.81. The zero-order valence-electron chi connectivity index (χ0n) is 11.1. The molecule has 1 heterocycles. The van der Waals surface area contributed by atoms with Crippen molar-refractivity contribution in [3.05, 3.63) is 53.3 Å². The minimum absolute atomic E-state index is 0.0426. The summed E-state index contributed by atoms with van der Waals surface area (Å²) in [4.78, 5) is 5.28. The maximum absolute atomic E-state index is 13.8. The highest BCUT2D eigenvalue weighted by atomic mass is 19.1. The van der Waals surface area contributed by atoms with Crippen LogP contribution >= 0.6 is 0 Å². The SMILES string of the molecule is CNc1nc(N(C)Cc2ccccc2F)c(F)cc1F. The molecule has 0 radical (unpaired) electrons. The van der Waals surface area contributed by atoms with Crippen molar-refractivity contribution in [3.8, 4) is 0 Å². The molecule has 0 saturated heterocycles. The van der Waals surface area contributed by atoms with Crippen molar-refractivity contribution in [1.29, 1.82) is 0 Å². The van der Waals surface area contributed by atoms with Gasteiger partial charge in [0.05, 0.1) is 0 Å². The van der Waals surface area contributed by atoms with Gasteiger partial charge >= 0.3 is 0 Å². The molecule has 2 aromatic rings. The zero-order chi connectivity index (χ0) is 14.7. The Morgan fingerprint density at radius 3 is 2.45 bits per heavy atom. The molecule has 0 bridgehead atoms. The molecule has 0 aliphatic carbocycles. The summed E-state index contributed by atoms with van der Waals surface area (Å²) in [6, 6.07) is 6.96. The van der Waals surface area contributed by atoms with Crippen molar-refractivity contribution in [2.45, 2.75) is 6.54 Å². The zero-order valence-corrected chi connectivity index (χ0v) is 11.1. The molecule has 0 saturated carbocycles. The van der Waals surface area contributed by atoms with E-state index in [2.05, 4.69) is 10.3 Å². The second-order valence-corrected chi connectivity index (χ2v) is 4.32. The molecule has 106 valence electrons. The van der Waals surface area contributed by atoms with E-state index in [1.165, 1.54) is 18.0 Å². The second-order valence-electron chi connectivity index (χ2n) is 4.32. The minimum atomic E-state index is -0.791. The third kappa shape index (κ3) is 2.84. The molecule has 1 aromatic heterocycles. The number of hydrogen-bond acceptors (Lipinski definition) is 3. The van der Waals surface area contributed by atoms with E-state index < -0.39 is 11.6 Å². The summed E-state index contributed by atoms with van der Waals surface area (Å²) >= 11 is 0. The summed E-state index contributed by atoms with van der Waals surface area (Å²) < 4.78 is 40.7. The van der Waals surface area contributed by atoms with Gasteiger partial charge in [-0.2, -0.15) is 0 Å². The highest BCUT2D eigenvalue weighted by Crippen LogP contribution is 2.23. The van der Waals surface area contributed by atoms with Crippen LogP contribution in [-0.2, 0) is 6.54 Å². The fraction of sp³-hybridized carbons (Fsp3) is 0.214. The first-order valence-electron chi connectivity index (χ1n) is 6.01. The highest BCUT2D eigenvalue weighted by molar-refractivity contribution is 5.49. The molecule has 20 heavy (non-hydrogen) atoms. The van der Waals surface area contributed by atoms with Gasteiger partial charge < -0.3 is 10.2 Å². The molecule has 0 unspecified atom stereocenters. The number of benzene rings is 1. The standard InChI is InChI=1S/C14H14F3N3/c1-18-13-11(16)7-12(17)14(19-13)20(2)8-9-5-3-4-6-10(9)15/h3-7H,8H2,1-2H3,(H,18,19). The first-order valence-corrected chi connectivity index (χ1v) is 6.01. The van der Waals surface area contributed by atoms with E-state index >= 15 is 0 Å². The lowest BCUT2D eigenvalue weighted by molar-refractivity contribution is 0.570. The van der Waals surface area contributed by atoms with Crippen molar-refractivity contribution in [1.82, 2.24) is 4.98 Å². The Balaban J connectivity index is 2.30. The summed E-state index contributed by atoms with van der Waals surface area (Å²) in [5, 5.41) is 2.54. The summed E-state index contributed by atoms with van der Waals surface area (Å²) in [5.74, 6) is -2.04. The summed E-state index contributed by atoms with van der Waals surface area (Å²) in [5.41, 5.74) is 0.409. The Hall–Kier alpha value is -2.24. The lowest BCUT2D eigenvalue weighted by Crippen LogP contribution is -2.20. The predicted molar refractivity (Wildman–Crippen MR) is 72.2 cm³/mol. The monoisotopic (exact) mass is 281 g/mol. The van der Waals surface area contributed by atoms with Crippen molar-refractivity contribution >= 4 is 11.6 Å². The Morgan fingerprint density at radius 1 is 1.10 bits per heavy atom. The fourth-order valence-electron chi connectivity index (χ4n) is 1.86. The van der Waals surface area contributed by atoms with Crippen LogP contribution < -0.4 is 10.2 Å². The van der Waals surface area contributed by atoms with Gasteiger partial charge in [0.2, 0.25) is 0 Å². The van der Waals surface area contributed by atoms with Gasteiger partial charge in [-0.05, 0) is 6.07 Å². The largest absolute Gasteiger partial charge is 0.371 e. The molecule has 0 fully saturated rings. The first kappa shape index (κ1) is 14.2. The molecular formula is C14H14F3N3. The molecule has 2 rings (SSSR count). The molecular weight excluding hydrogens is 267 g/mol. The summed E-state index contributed by atoms with van der Waals surface area (Å²) in [6.07, 6.45) is 0. The van der Waals surface area contributed by atoms with Crippen LogP contribution in [0.5, 0.6) is 0 Å². The molecule has 0 atom stereocenters. The Morgan fingerprint density at radius 2 is 1.80 bits per heavy atom. The number of anilines is 2. The van der Waals surface area contributed by atoms with E-state index in [1.807, 2.05) is 0 Å².